The van der Waals surface area contributed by atoms with E-state index in [-0.39, 0.29) is 11.5 Å². The summed E-state index contributed by atoms with van der Waals surface area (Å²) in [6.07, 6.45) is 0.656. The number of nitrogens with zero attached hydrogens (tertiary/aromatic N) is 1. The maximum atomic E-state index is 10.1. The largest absolute Gasteiger partial charge is 0.504 e. The van der Waals surface area contributed by atoms with E-state index in [4.69, 9.17) is 16.3 Å². The Morgan fingerprint density at radius 1 is 0.839 bits per heavy atom. The Hall–Kier alpha value is -2.95. The Kier molecular flexibility index (Phi) is 7.99. The third-order valence-electron chi connectivity index (χ3n) is 4.98. The minimum absolute atomic E-state index is 0.147. The van der Waals surface area contributed by atoms with Crippen molar-refractivity contribution in [3.63, 3.8) is 0 Å². The molecule has 0 aromatic heterocycles. The van der Waals surface area contributed by atoms with Gasteiger partial charge in [-0.3, -0.25) is 0 Å². The van der Waals surface area contributed by atoms with Crippen molar-refractivity contribution in [1.29, 1.82) is 0 Å². The van der Waals surface area contributed by atoms with Gasteiger partial charge in [-0.05, 0) is 72.6 Å². The molecule has 5 heteroatoms. The molecular weight excluding hydrogens is 410 g/mol. The maximum Gasteiger partial charge on any atom is 0.158 e. The first kappa shape index (κ1) is 22.7. The molecule has 0 saturated carbocycles. The minimum atomic E-state index is -0.156. The Morgan fingerprint density at radius 2 is 1.52 bits per heavy atom. The van der Waals surface area contributed by atoms with Gasteiger partial charge in [0.05, 0.1) is 0 Å². The van der Waals surface area contributed by atoms with Crippen molar-refractivity contribution in [2.75, 3.05) is 33.1 Å². The number of hydrogen-bond donors (Lipinski definition) is 2. The van der Waals surface area contributed by atoms with E-state index in [2.05, 4.69) is 17.0 Å². The Morgan fingerprint density at radius 3 is 2.13 bits per heavy atom. The monoisotopic (exact) mass is 437 g/mol. The lowest BCUT2D eigenvalue weighted by molar-refractivity contribution is 0.261. The molecule has 3 aromatic carbocycles. The van der Waals surface area contributed by atoms with Gasteiger partial charge in [0.25, 0.3) is 0 Å². The molecule has 0 heterocycles. The molecule has 0 spiro atoms. The molecule has 4 nitrogen and oxygen atoms in total. The van der Waals surface area contributed by atoms with E-state index >= 15 is 0 Å². The molecule has 0 amide bonds. The SMILES string of the molecule is CN(C)CCOc1ccc(/C(=C(\CCCl)c2ccccc2)c2ccc(O)c(O)c2)cc1. The van der Waals surface area contributed by atoms with E-state index < -0.39 is 0 Å². The summed E-state index contributed by atoms with van der Waals surface area (Å²) in [5, 5.41) is 19.9. The Balaban J connectivity index is 2.08. The molecule has 0 bridgehead atoms. The first-order chi connectivity index (χ1) is 15.0. The lowest BCUT2D eigenvalue weighted by atomic mass is 9.88. The second kappa shape index (κ2) is 10.9. The zero-order valence-corrected chi connectivity index (χ0v) is 18.6. The molecule has 31 heavy (non-hydrogen) atoms. The molecule has 0 atom stereocenters. The quantitative estimate of drug-likeness (QED) is 0.259. The number of allylic oxidation sites excluding steroid dienone is 1. The minimum Gasteiger partial charge on any atom is -0.504 e. The first-order valence-corrected chi connectivity index (χ1v) is 10.8. The molecule has 2 N–H and O–H groups in total. The summed E-state index contributed by atoms with van der Waals surface area (Å²) in [5.41, 5.74) is 4.88. The van der Waals surface area contributed by atoms with Crippen LogP contribution in [0.2, 0.25) is 0 Å². The highest BCUT2D eigenvalue weighted by atomic mass is 35.5. The molecule has 0 aliphatic carbocycles. The van der Waals surface area contributed by atoms with Crippen LogP contribution in [0.15, 0.2) is 72.8 Å². The predicted octanol–water partition coefficient (Wildman–Crippen LogP) is 5.63. The summed E-state index contributed by atoms with van der Waals surface area (Å²) < 4.78 is 5.83. The molecule has 0 unspecified atom stereocenters. The average Bonchev–Trinajstić information content (AvgIpc) is 2.77. The van der Waals surface area contributed by atoms with Crippen LogP contribution in [0.1, 0.15) is 23.1 Å². The van der Waals surface area contributed by atoms with Crippen molar-refractivity contribution < 1.29 is 14.9 Å². The van der Waals surface area contributed by atoms with E-state index in [9.17, 15) is 10.2 Å². The highest BCUT2D eigenvalue weighted by Gasteiger charge is 2.15. The molecular formula is C26H28ClNO3. The topological polar surface area (TPSA) is 52.9 Å². The van der Waals surface area contributed by atoms with Crippen molar-refractivity contribution in [2.45, 2.75) is 6.42 Å². The molecule has 0 aliphatic rings. The Bertz CT molecular complexity index is 1010. The van der Waals surface area contributed by atoms with Gasteiger partial charge in [-0.15, -0.1) is 11.6 Å². The highest BCUT2D eigenvalue weighted by Crippen LogP contribution is 2.38. The standard InChI is InChI=1S/C26H28ClNO3/c1-28(2)16-17-31-22-11-8-20(9-12-22)26(21-10-13-24(29)25(30)18-21)23(14-15-27)19-6-4-3-5-7-19/h3-13,18,29-30H,14-17H2,1-2H3/b26-23-. The van der Waals surface area contributed by atoms with E-state index in [1.807, 2.05) is 62.6 Å². The van der Waals surface area contributed by atoms with Crippen molar-refractivity contribution in [2.24, 2.45) is 0 Å². The fourth-order valence-corrected chi connectivity index (χ4v) is 3.59. The number of halogens is 1. The lowest BCUT2D eigenvalue weighted by Gasteiger charge is -2.18. The van der Waals surface area contributed by atoms with E-state index in [0.29, 0.717) is 18.9 Å². The van der Waals surface area contributed by atoms with Gasteiger partial charge in [-0.2, -0.15) is 0 Å². The van der Waals surface area contributed by atoms with Gasteiger partial charge in [-0.25, -0.2) is 0 Å². The zero-order valence-electron chi connectivity index (χ0n) is 17.9. The van der Waals surface area contributed by atoms with Crippen molar-refractivity contribution in [3.05, 3.63) is 89.5 Å². The van der Waals surface area contributed by atoms with Gasteiger partial charge in [0, 0.05) is 12.4 Å². The number of ether oxygens (including phenoxy) is 1. The van der Waals surface area contributed by atoms with Crippen LogP contribution in [-0.4, -0.2) is 48.2 Å². The first-order valence-electron chi connectivity index (χ1n) is 10.2. The summed E-state index contributed by atoms with van der Waals surface area (Å²) in [5.74, 6) is 0.962. The number of benzene rings is 3. The van der Waals surface area contributed by atoms with Gasteiger partial charge in [0.2, 0.25) is 0 Å². The van der Waals surface area contributed by atoms with E-state index in [1.54, 1.807) is 6.07 Å². The summed E-state index contributed by atoms with van der Waals surface area (Å²) in [7, 11) is 4.02. The summed E-state index contributed by atoms with van der Waals surface area (Å²) in [4.78, 5) is 2.07. The summed E-state index contributed by atoms with van der Waals surface area (Å²) in [6, 6.07) is 22.9. The number of phenols is 2. The number of alkyl halides is 1. The molecule has 3 aromatic rings. The van der Waals surface area contributed by atoms with Gasteiger partial charge in [-0.1, -0.05) is 48.5 Å². The lowest BCUT2D eigenvalue weighted by Crippen LogP contribution is -2.19. The van der Waals surface area contributed by atoms with Gasteiger partial charge >= 0.3 is 0 Å². The van der Waals surface area contributed by atoms with Crippen LogP contribution in [-0.2, 0) is 0 Å². The second-order valence-electron chi connectivity index (χ2n) is 7.54. The van der Waals surface area contributed by atoms with Crippen molar-refractivity contribution in [1.82, 2.24) is 4.90 Å². The van der Waals surface area contributed by atoms with Crippen molar-refractivity contribution >= 4 is 22.7 Å². The second-order valence-corrected chi connectivity index (χ2v) is 7.92. The molecule has 0 fully saturated rings. The predicted molar refractivity (Wildman–Crippen MR) is 128 cm³/mol. The summed E-state index contributed by atoms with van der Waals surface area (Å²) in [6.45, 7) is 1.45. The fraction of sp³-hybridized carbons (Fsp3) is 0.231. The third kappa shape index (κ3) is 6.03. The smallest absolute Gasteiger partial charge is 0.158 e. The van der Waals surface area contributed by atoms with Crippen LogP contribution in [0.25, 0.3) is 11.1 Å². The number of phenolic OH excluding ortho intramolecular Hbond substituents is 2. The normalized spacial score (nSPS) is 12.0. The van der Waals surface area contributed by atoms with Crippen LogP contribution in [0, 0.1) is 0 Å². The number of hydrogen-bond acceptors (Lipinski definition) is 4. The van der Waals surface area contributed by atoms with Crippen LogP contribution < -0.4 is 4.74 Å². The van der Waals surface area contributed by atoms with E-state index in [0.717, 1.165) is 40.1 Å². The number of rotatable bonds is 9. The average molecular weight is 438 g/mol. The van der Waals surface area contributed by atoms with Crippen LogP contribution in [0.5, 0.6) is 17.2 Å². The molecule has 0 saturated heterocycles. The van der Waals surface area contributed by atoms with E-state index in [1.165, 1.54) is 6.07 Å². The summed E-state index contributed by atoms with van der Waals surface area (Å²) >= 11 is 6.18. The molecule has 162 valence electrons. The third-order valence-corrected chi connectivity index (χ3v) is 5.17. The molecule has 0 radical (unpaired) electrons. The number of likely N-dealkylation sites (N-methyl/N-ethyl adjacent to an activating group) is 1. The zero-order chi connectivity index (χ0) is 22.2. The highest BCUT2D eigenvalue weighted by molar-refractivity contribution is 6.18. The fourth-order valence-electron chi connectivity index (χ4n) is 3.41. The van der Waals surface area contributed by atoms with Gasteiger partial charge in [0.15, 0.2) is 11.5 Å². The maximum absolute atomic E-state index is 10.1. The van der Waals surface area contributed by atoms with Crippen molar-refractivity contribution in [3.8, 4) is 17.2 Å². The van der Waals surface area contributed by atoms with Crippen LogP contribution in [0.3, 0.4) is 0 Å². The Labute approximate surface area is 189 Å². The molecule has 3 rings (SSSR count). The van der Waals surface area contributed by atoms with Crippen LogP contribution >= 0.6 is 11.6 Å². The van der Waals surface area contributed by atoms with Gasteiger partial charge < -0.3 is 19.8 Å². The molecule has 0 aliphatic heterocycles. The van der Waals surface area contributed by atoms with Gasteiger partial charge in [0.1, 0.15) is 12.4 Å². The van der Waals surface area contributed by atoms with Crippen LogP contribution in [0.4, 0.5) is 0 Å². The number of aromatic hydroxyl groups is 2.